The van der Waals surface area contributed by atoms with Crippen LogP contribution in [-0.2, 0) is 14.4 Å². The van der Waals surface area contributed by atoms with E-state index in [1.807, 2.05) is 56.3 Å². The number of para-hydroxylation sites is 1. The lowest BCUT2D eigenvalue weighted by molar-refractivity contribution is -0.126. The van der Waals surface area contributed by atoms with Gasteiger partial charge in [0.2, 0.25) is 5.91 Å². The molecule has 2 heterocycles. The summed E-state index contributed by atoms with van der Waals surface area (Å²) in [6, 6.07) is 21.2. The number of aryl methyl sites for hydroxylation is 2. The van der Waals surface area contributed by atoms with Crippen molar-refractivity contribution in [2.45, 2.75) is 26.0 Å². The van der Waals surface area contributed by atoms with E-state index in [9.17, 15) is 14.7 Å². The quantitative estimate of drug-likeness (QED) is 0.655. The Hall–Kier alpha value is -3.64. The first-order chi connectivity index (χ1) is 15.0. The maximum atomic E-state index is 13.6. The number of aromatic hydroxyl groups is 1. The first kappa shape index (κ1) is 19.3. The van der Waals surface area contributed by atoms with Gasteiger partial charge in [-0.1, -0.05) is 36.4 Å². The van der Waals surface area contributed by atoms with Crippen LogP contribution < -0.4 is 9.96 Å². The highest BCUT2D eigenvalue weighted by Crippen LogP contribution is 2.47. The third-order valence-electron chi connectivity index (χ3n) is 6.11. The summed E-state index contributed by atoms with van der Waals surface area (Å²) < 4.78 is 0. The van der Waals surface area contributed by atoms with E-state index < -0.39 is 18.1 Å². The Morgan fingerprint density at radius 2 is 1.52 bits per heavy atom. The minimum atomic E-state index is -0.909. The van der Waals surface area contributed by atoms with E-state index >= 15 is 0 Å². The maximum absolute atomic E-state index is 13.6. The second-order valence-electron chi connectivity index (χ2n) is 8.03. The molecule has 2 amide bonds. The van der Waals surface area contributed by atoms with Crippen LogP contribution in [0.4, 0.5) is 11.4 Å². The highest BCUT2D eigenvalue weighted by atomic mass is 16.7. The minimum absolute atomic E-state index is 0.135. The summed E-state index contributed by atoms with van der Waals surface area (Å²) in [6.07, 6.45) is -0.909. The number of carbonyl (C=O) groups excluding carboxylic acids is 2. The smallest absolute Gasteiger partial charge is 0.266 e. The van der Waals surface area contributed by atoms with Gasteiger partial charge in [-0.05, 0) is 66.9 Å². The average Bonchev–Trinajstić information content (AvgIpc) is 3.28. The summed E-state index contributed by atoms with van der Waals surface area (Å²) in [4.78, 5) is 34.2. The molecule has 3 aromatic carbocycles. The molecule has 0 spiro atoms. The molecule has 2 saturated heterocycles. The number of amides is 2. The van der Waals surface area contributed by atoms with Crippen LogP contribution in [0.25, 0.3) is 0 Å². The van der Waals surface area contributed by atoms with Crippen molar-refractivity contribution in [2.75, 3.05) is 9.96 Å². The van der Waals surface area contributed by atoms with Gasteiger partial charge in [0.05, 0.1) is 17.4 Å². The highest BCUT2D eigenvalue weighted by Gasteiger charge is 2.60. The molecule has 2 aliphatic rings. The van der Waals surface area contributed by atoms with Crippen molar-refractivity contribution in [3.63, 3.8) is 0 Å². The van der Waals surface area contributed by atoms with Crippen LogP contribution in [0.2, 0.25) is 0 Å². The second kappa shape index (κ2) is 7.25. The zero-order chi connectivity index (χ0) is 21.7. The summed E-state index contributed by atoms with van der Waals surface area (Å²) in [5.74, 6) is -1.20. The monoisotopic (exact) mass is 414 g/mol. The molecule has 0 aromatic heterocycles. The number of rotatable bonds is 3. The van der Waals surface area contributed by atoms with E-state index in [-0.39, 0.29) is 17.6 Å². The van der Waals surface area contributed by atoms with Gasteiger partial charge < -0.3 is 5.11 Å². The summed E-state index contributed by atoms with van der Waals surface area (Å²) in [6.45, 7) is 3.95. The molecule has 0 unspecified atom stereocenters. The van der Waals surface area contributed by atoms with Gasteiger partial charge in [0.25, 0.3) is 5.91 Å². The first-order valence-corrected chi connectivity index (χ1v) is 10.2. The van der Waals surface area contributed by atoms with Crippen LogP contribution in [-0.4, -0.2) is 23.0 Å². The van der Waals surface area contributed by atoms with Gasteiger partial charge in [-0.3, -0.25) is 14.4 Å². The predicted molar refractivity (Wildman–Crippen MR) is 117 cm³/mol. The molecule has 0 radical (unpaired) electrons. The lowest BCUT2D eigenvalue weighted by atomic mass is 9.90. The molecule has 5 rings (SSSR count). The van der Waals surface area contributed by atoms with E-state index in [2.05, 4.69) is 0 Å². The predicted octanol–water partition coefficient (Wildman–Crippen LogP) is 4.06. The largest absolute Gasteiger partial charge is 0.508 e. The highest BCUT2D eigenvalue weighted by molar-refractivity contribution is 6.24. The van der Waals surface area contributed by atoms with Crippen molar-refractivity contribution >= 4 is 23.2 Å². The van der Waals surface area contributed by atoms with Gasteiger partial charge in [0.15, 0.2) is 6.10 Å². The van der Waals surface area contributed by atoms with E-state index in [4.69, 9.17) is 4.84 Å². The number of anilines is 2. The molecule has 0 bridgehead atoms. The van der Waals surface area contributed by atoms with E-state index in [1.165, 1.54) is 4.90 Å². The Morgan fingerprint density at radius 1 is 0.806 bits per heavy atom. The lowest BCUT2D eigenvalue weighted by Crippen LogP contribution is -2.37. The van der Waals surface area contributed by atoms with E-state index in [0.717, 1.165) is 22.4 Å². The maximum Gasteiger partial charge on any atom is 0.266 e. The van der Waals surface area contributed by atoms with Crippen molar-refractivity contribution in [3.05, 3.63) is 89.5 Å². The molecule has 3 aromatic rings. The van der Waals surface area contributed by atoms with Crippen LogP contribution in [0, 0.1) is 19.8 Å². The zero-order valence-electron chi connectivity index (χ0n) is 17.2. The van der Waals surface area contributed by atoms with Gasteiger partial charge >= 0.3 is 0 Å². The van der Waals surface area contributed by atoms with Crippen LogP contribution >= 0.6 is 0 Å². The van der Waals surface area contributed by atoms with Crippen LogP contribution in [0.1, 0.15) is 22.7 Å². The third-order valence-corrected chi connectivity index (χ3v) is 6.11. The Balaban J connectivity index is 1.58. The van der Waals surface area contributed by atoms with E-state index in [0.29, 0.717) is 5.69 Å². The number of hydrogen-bond acceptors (Lipinski definition) is 5. The Morgan fingerprint density at radius 3 is 2.19 bits per heavy atom. The van der Waals surface area contributed by atoms with Crippen LogP contribution in [0.3, 0.4) is 0 Å². The molecule has 2 aliphatic heterocycles. The van der Waals surface area contributed by atoms with Crippen molar-refractivity contribution < 1.29 is 19.5 Å². The molecule has 1 N–H and O–H groups in total. The number of fused-ring (bicyclic) bond motifs is 1. The van der Waals surface area contributed by atoms with E-state index in [1.54, 1.807) is 35.4 Å². The number of phenols is 1. The first-order valence-electron chi connectivity index (χ1n) is 10.2. The molecule has 156 valence electrons. The number of benzene rings is 3. The van der Waals surface area contributed by atoms with Gasteiger partial charge in [0.1, 0.15) is 11.7 Å². The Kier molecular flexibility index (Phi) is 4.52. The SMILES string of the molecule is Cc1ccc(N2C(=O)[C@@H]3[C@H](ON(c4ccccc4)[C@H]3c3ccc(O)cc3)C2=O)cc1C. The summed E-state index contributed by atoms with van der Waals surface area (Å²) in [5, 5.41) is 11.4. The molecular formula is C25H22N2O4. The van der Waals surface area contributed by atoms with Gasteiger partial charge in [-0.15, -0.1) is 0 Å². The fourth-order valence-electron chi connectivity index (χ4n) is 4.34. The zero-order valence-corrected chi connectivity index (χ0v) is 17.2. The van der Waals surface area contributed by atoms with Crippen molar-refractivity contribution in [2.24, 2.45) is 5.92 Å². The number of hydrogen-bond donors (Lipinski definition) is 1. The van der Waals surface area contributed by atoms with Gasteiger partial charge in [-0.25, -0.2) is 9.96 Å². The van der Waals surface area contributed by atoms with Crippen molar-refractivity contribution in [3.8, 4) is 5.75 Å². The average molecular weight is 414 g/mol. The fraction of sp³-hybridized carbons (Fsp3) is 0.200. The summed E-state index contributed by atoms with van der Waals surface area (Å²) >= 11 is 0. The molecular weight excluding hydrogens is 392 g/mol. The van der Waals surface area contributed by atoms with Crippen LogP contribution in [0.15, 0.2) is 72.8 Å². The summed E-state index contributed by atoms with van der Waals surface area (Å²) in [5.41, 5.74) is 4.21. The Labute approximate surface area is 180 Å². The fourth-order valence-corrected chi connectivity index (χ4v) is 4.34. The number of phenolic OH excluding ortho intramolecular Hbond substituents is 1. The van der Waals surface area contributed by atoms with Crippen molar-refractivity contribution in [1.82, 2.24) is 0 Å². The molecule has 31 heavy (non-hydrogen) atoms. The molecule has 6 nitrogen and oxygen atoms in total. The van der Waals surface area contributed by atoms with Crippen LogP contribution in [0.5, 0.6) is 5.75 Å². The lowest BCUT2D eigenvalue weighted by Gasteiger charge is -2.28. The normalized spacial score (nSPS) is 22.8. The Bertz CT molecular complexity index is 1160. The molecule has 0 saturated carbocycles. The molecule has 3 atom stereocenters. The third kappa shape index (κ3) is 3.07. The number of imide groups is 1. The molecule has 2 fully saturated rings. The number of carbonyl (C=O) groups is 2. The second-order valence-corrected chi connectivity index (χ2v) is 8.03. The van der Waals surface area contributed by atoms with Crippen molar-refractivity contribution in [1.29, 1.82) is 0 Å². The molecule has 6 heteroatoms. The number of hydroxylamine groups is 1. The minimum Gasteiger partial charge on any atom is -0.508 e. The van der Waals surface area contributed by atoms with Gasteiger partial charge in [-0.2, -0.15) is 0 Å². The number of nitrogens with zero attached hydrogens (tertiary/aromatic N) is 2. The molecule has 0 aliphatic carbocycles. The van der Waals surface area contributed by atoms with Gasteiger partial charge in [0, 0.05) is 0 Å². The summed E-state index contributed by atoms with van der Waals surface area (Å²) in [7, 11) is 0. The standard InChI is InChI=1S/C25H22N2O4/c1-15-8-11-19(14-16(15)2)26-24(29)21-22(17-9-12-20(28)13-10-17)27(31-23(21)25(26)30)18-6-4-3-5-7-18/h3-14,21-23,28H,1-2H3/t21-,22-,23-/m0/s1. The topological polar surface area (TPSA) is 70.1 Å².